The molecule has 2 amide bonds. The smallest absolute Gasteiger partial charge is 0.271 e. The summed E-state index contributed by atoms with van der Waals surface area (Å²) in [5.41, 5.74) is 2.58. The molecule has 0 saturated heterocycles. The van der Waals surface area contributed by atoms with Crippen LogP contribution in [0.1, 0.15) is 47.2 Å². The average molecular weight is 497 g/mol. The van der Waals surface area contributed by atoms with Gasteiger partial charge < -0.3 is 15.2 Å². The van der Waals surface area contributed by atoms with Gasteiger partial charge in [-0.3, -0.25) is 19.7 Å². The van der Waals surface area contributed by atoms with Crippen LogP contribution in [0, 0.1) is 29.9 Å². The lowest BCUT2D eigenvalue weighted by Crippen LogP contribution is -2.33. The van der Waals surface area contributed by atoms with Crippen molar-refractivity contribution in [1.82, 2.24) is 20.1 Å². The maximum absolute atomic E-state index is 12.8. The van der Waals surface area contributed by atoms with Crippen LogP contribution in [0.15, 0.2) is 47.6 Å². The van der Waals surface area contributed by atoms with Crippen LogP contribution in [0.2, 0.25) is 0 Å². The van der Waals surface area contributed by atoms with Crippen LogP contribution in [-0.4, -0.2) is 37.3 Å². The molecule has 2 aromatic carbocycles. The number of aromatic nitrogens is 3. The molecule has 0 aliphatic carbocycles. The third-order valence-corrected chi connectivity index (χ3v) is 6.44. The number of nitrogens with one attached hydrogen (secondary N) is 2. The summed E-state index contributed by atoms with van der Waals surface area (Å²) in [4.78, 5) is 35.8. The predicted molar refractivity (Wildman–Crippen MR) is 134 cm³/mol. The molecule has 3 rings (SSSR count). The van der Waals surface area contributed by atoms with E-state index in [2.05, 4.69) is 20.8 Å². The summed E-state index contributed by atoms with van der Waals surface area (Å²) in [6.07, 6.45) is 0. The van der Waals surface area contributed by atoms with Crippen molar-refractivity contribution in [3.63, 3.8) is 0 Å². The number of aryl methyl sites for hydroxylation is 2. The van der Waals surface area contributed by atoms with E-state index >= 15 is 0 Å². The Morgan fingerprint density at radius 1 is 1.14 bits per heavy atom. The Hall–Kier alpha value is -3.73. The van der Waals surface area contributed by atoms with Crippen molar-refractivity contribution in [3.05, 3.63) is 75.1 Å². The molecule has 3 aromatic rings. The fourth-order valence-electron chi connectivity index (χ4n) is 3.44. The zero-order valence-corrected chi connectivity index (χ0v) is 21.0. The maximum Gasteiger partial charge on any atom is 0.271 e. The molecular weight excluding hydrogens is 468 g/mol. The van der Waals surface area contributed by atoms with Crippen molar-refractivity contribution in [3.8, 4) is 0 Å². The van der Waals surface area contributed by atoms with Crippen LogP contribution in [0.5, 0.6) is 0 Å². The Kier molecular flexibility index (Phi) is 8.23. The Balaban J connectivity index is 1.68. The number of amides is 2. The third-order valence-electron chi connectivity index (χ3n) is 5.42. The Morgan fingerprint density at radius 3 is 2.54 bits per heavy atom. The molecule has 0 saturated carbocycles. The van der Waals surface area contributed by atoms with Gasteiger partial charge in [0.1, 0.15) is 0 Å². The highest BCUT2D eigenvalue weighted by Gasteiger charge is 2.25. The van der Waals surface area contributed by atoms with Crippen molar-refractivity contribution in [2.24, 2.45) is 13.0 Å². The van der Waals surface area contributed by atoms with E-state index in [-0.39, 0.29) is 35.2 Å². The second-order valence-corrected chi connectivity index (χ2v) is 9.50. The standard InChI is InChI=1S/C24H28N6O4S/c1-14(2)21(26-23(32)17-8-6-7-15(3)11-17)22-27-28-24(29(22)5)35-13-20(31)25-19-12-18(30(33)34)10-9-16(19)4/h6-12,14,21H,13H2,1-5H3,(H,25,31)(H,26,32)/t21-/m1/s1. The fraction of sp³-hybridized carbons (Fsp3) is 0.333. The molecule has 35 heavy (non-hydrogen) atoms. The minimum atomic E-state index is -0.506. The Bertz CT molecular complexity index is 1260. The normalized spacial score (nSPS) is 11.8. The lowest BCUT2D eigenvalue weighted by atomic mass is 10.0. The number of non-ortho nitro benzene ring substituents is 1. The van der Waals surface area contributed by atoms with E-state index in [1.54, 1.807) is 30.7 Å². The van der Waals surface area contributed by atoms with Gasteiger partial charge in [0.15, 0.2) is 11.0 Å². The van der Waals surface area contributed by atoms with Crippen LogP contribution in [-0.2, 0) is 11.8 Å². The molecule has 1 atom stereocenters. The van der Waals surface area contributed by atoms with E-state index in [0.717, 1.165) is 11.1 Å². The highest BCUT2D eigenvalue weighted by Crippen LogP contribution is 2.26. The lowest BCUT2D eigenvalue weighted by molar-refractivity contribution is -0.384. The number of carbonyl (C=O) groups excluding carboxylic acids is 2. The van der Waals surface area contributed by atoms with E-state index in [1.807, 2.05) is 39.0 Å². The summed E-state index contributed by atoms with van der Waals surface area (Å²) in [6.45, 7) is 7.66. The minimum absolute atomic E-state index is 0.0378. The summed E-state index contributed by atoms with van der Waals surface area (Å²) in [5, 5.41) is 25.8. The summed E-state index contributed by atoms with van der Waals surface area (Å²) < 4.78 is 1.76. The van der Waals surface area contributed by atoms with Crippen molar-refractivity contribution in [2.45, 2.75) is 38.9 Å². The van der Waals surface area contributed by atoms with Gasteiger partial charge in [-0.25, -0.2) is 0 Å². The number of nitro benzene ring substituents is 1. The van der Waals surface area contributed by atoms with Gasteiger partial charge in [-0.05, 0) is 37.5 Å². The summed E-state index contributed by atoms with van der Waals surface area (Å²) in [6, 6.07) is 11.3. The molecule has 184 valence electrons. The molecule has 11 heteroatoms. The zero-order chi connectivity index (χ0) is 25.7. The molecule has 1 aromatic heterocycles. The highest BCUT2D eigenvalue weighted by molar-refractivity contribution is 7.99. The number of anilines is 1. The first-order valence-electron chi connectivity index (χ1n) is 11.0. The lowest BCUT2D eigenvalue weighted by Gasteiger charge is -2.21. The molecule has 1 heterocycles. The van der Waals surface area contributed by atoms with Gasteiger partial charge in [0.25, 0.3) is 11.6 Å². The van der Waals surface area contributed by atoms with Crippen molar-refractivity contribution < 1.29 is 14.5 Å². The van der Waals surface area contributed by atoms with E-state index in [0.29, 0.717) is 22.2 Å². The predicted octanol–water partition coefficient (Wildman–Crippen LogP) is 4.20. The molecule has 0 radical (unpaired) electrons. The van der Waals surface area contributed by atoms with Gasteiger partial charge in [-0.1, -0.05) is 49.4 Å². The summed E-state index contributed by atoms with van der Waals surface area (Å²) >= 11 is 1.19. The van der Waals surface area contributed by atoms with Gasteiger partial charge in [-0.2, -0.15) is 0 Å². The molecule has 10 nitrogen and oxygen atoms in total. The number of hydrogen-bond donors (Lipinski definition) is 2. The number of hydrogen-bond acceptors (Lipinski definition) is 7. The molecule has 0 aliphatic heterocycles. The van der Waals surface area contributed by atoms with Crippen LogP contribution in [0.4, 0.5) is 11.4 Å². The largest absolute Gasteiger partial charge is 0.342 e. The number of thioether (sulfide) groups is 1. The Morgan fingerprint density at radius 2 is 1.89 bits per heavy atom. The minimum Gasteiger partial charge on any atom is -0.342 e. The van der Waals surface area contributed by atoms with E-state index in [1.165, 1.54) is 23.9 Å². The number of nitrogens with zero attached hydrogens (tertiary/aromatic N) is 4. The Labute approximate surface area is 207 Å². The van der Waals surface area contributed by atoms with E-state index in [4.69, 9.17) is 0 Å². The van der Waals surface area contributed by atoms with E-state index in [9.17, 15) is 19.7 Å². The third kappa shape index (κ3) is 6.44. The van der Waals surface area contributed by atoms with Crippen LogP contribution in [0.25, 0.3) is 0 Å². The number of benzene rings is 2. The number of nitro groups is 1. The number of rotatable bonds is 9. The second-order valence-electron chi connectivity index (χ2n) is 8.56. The molecule has 0 fully saturated rings. The van der Waals surface area contributed by atoms with E-state index < -0.39 is 4.92 Å². The quantitative estimate of drug-likeness (QED) is 0.258. The van der Waals surface area contributed by atoms with Gasteiger partial charge >= 0.3 is 0 Å². The van der Waals surface area contributed by atoms with Gasteiger partial charge in [0.2, 0.25) is 5.91 Å². The van der Waals surface area contributed by atoms with Gasteiger partial charge in [-0.15, -0.1) is 10.2 Å². The molecule has 0 bridgehead atoms. The maximum atomic E-state index is 12.8. The van der Waals surface area contributed by atoms with Crippen molar-refractivity contribution in [1.29, 1.82) is 0 Å². The van der Waals surface area contributed by atoms with Crippen molar-refractivity contribution in [2.75, 3.05) is 11.1 Å². The SMILES string of the molecule is Cc1cccc(C(=O)N[C@@H](c2nnc(SCC(=O)Nc3cc([N+](=O)[O-])ccc3C)n2C)C(C)C)c1. The fourth-order valence-corrected chi connectivity index (χ4v) is 4.16. The summed E-state index contributed by atoms with van der Waals surface area (Å²) in [5.74, 6) is 0.145. The zero-order valence-electron chi connectivity index (χ0n) is 20.2. The first kappa shape index (κ1) is 25.9. The summed E-state index contributed by atoms with van der Waals surface area (Å²) in [7, 11) is 1.79. The highest BCUT2D eigenvalue weighted by atomic mass is 32.2. The molecule has 2 N–H and O–H groups in total. The van der Waals surface area contributed by atoms with Crippen LogP contribution >= 0.6 is 11.8 Å². The topological polar surface area (TPSA) is 132 Å². The molecule has 0 spiro atoms. The van der Waals surface area contributed by atoms with Gasteiger partial charge in [0, 0.05) is 24.7 Å². The molecule has 0 aliphatic rings. The van der Waals surface area contributed by atoms with Crippen molar-refractivity contribution >= 4 is 35.0 Å². The second kappa shape index (κ2) is 11.1. The first-order chi connectivity index (χ1) is 16.6. The van der Waals surface area contributed by atoms with Gasteiger partial charge in [0.05, 0.1) is 22.4 Å². The first-order valence-corrected chi connectivity index (χ1v) is 12.0. The number of carbonyl (C=O) groups is 2. The molecular formula is C24H28N6O4S. The monoisotopic (exact) mass is 496 g/mol. The molecule has 0 unspecified atom stereocenters. The average Bonchev–Trinajstić information content (AvgIpc) is 3.16. The van der Waals surface area contributed by atoms with Crippen LogP contribution < -0.4 is 10.6 Å². The van der Waals surface area contributed by atoms with Crippen LogP contribution in [0.3, 0.4) is 0 Å².